The van der Waals surface area contributed by atoms with Gasteiger partial charge in [-0.15, -0.1) is 5.10 Å². The molecular formula is C25H23FN4O. The molecule has 3 aromatic carbocycles. The molecule has 5 nitrogen and oxygen atoms in total. The van der Waals surface area contributed by atoms with Crippen molar-refractivity contribution in [2.45, 2.75) is 31.8 Å². The van der Waals surface area contributed by atoms with Gasteiger partial charge in [-0.1, -0.05) is 59.8 Å². The van der Waals surface area contributed by atoms with E-state index in [-0.39, 0.29) is 17.8 Å². The Labute approximate surface area is 180 Å². The van der Waals surface area contributed by atoms with Crippen molar-refractivity contribution in [1.29, 1.82) is 0 Å². The summed E-state index contributed by atoms with van der Waals surface area (Å²) in [5.74, 6) is -0.396. The average molecular weight is 414 g/mol. The minimum absolute atomic E-state index is 0.0648. The van der Waals surface area contributed by atoms with Crippen molar-refractivity contribution >= 4 is 16.7 Å². The van der Waals surface area contributed by atoms with Crippen molar-refractivity contribution in [1.82, 2.24) is 19.9 Å². The second kappa shape index (κ2) is 8.30. The molecule has 5 rings (SSSR count). The highest BCUT2D eigenvalue weighted by molar-refractivity contribution is 5.92. The first-order valence-corrected chi connectivity index (χ1v) is 10.6. The van der Waals surface area contributed by atoms with Crippen LogP contribution in [-0.2, 0) is 6.54 Å². The second-order valence-electron chi connectivity index (χ2n) is 8.00. The number of amides is 1. The number of halogens is 1. The Bertz CT molecular complexity index is 1210. The number of piperidine rings is 1. The van der Waals surface area contributed by atoms with Crippen molar-refractivity contribution in [3.8, 4) is 0 Å². The van der Waals surface area contributed by atoms with Gasteiger partial charge < -0.3 is 4.90 Å². The van der Waals surface area contributed by atoms with Gasteiger partial charge >= 0.3 is 0 Å². The predicted molar refractivity (Wildman–Crippen MR) is 117 cm³/mol. The Kier molecular flexibility index (Phi) is 5.20. The normalized spacial score (nSPS) is 16.5. The molecular weight excluding hydrogens is 391 g/mol. The van der Waals surface area contributed by atoms with Gasteiger partial charge in [0.2, 0.25) is 0 Å². The quantitative estimate of drug-likeness (QED) is 0.473. The van der Waals surface area contributed by atoms with Crippen molar-refractivity contribution < 1.29 is 9.18 Å². The first-order valence-electron chi connectivity index (χ1n) is 10.6. The molecule has 0 N–H and O–H groups in total. The lowest BCUT2D eigenvalue weighted by molar-refractivity contribution is 0.0605. The Morgan fingerprint density at radius 1 is 1.00 bits per heavy atom. The molecule has 1 unspecified atom stereocenters. The maximum absolute atomic E-state index is 13.4. The molecule has 0 aliphatic carbocycles. The van der Waals surface area contributed by atoms with Crippen LogP contribution in [0.2, 0.25) is 0 Å². The smallest absolute Gasteiger partial charge is 0.276 e. The van der Waals surface area contributed by atoms with Crippen LogP contribution >= 0.6 is 0 Å². The van der Waals surface area contributed by atoms with Crippen LogP contribution in [0.4, 0.5) is 4.39 Å². The van der Waals surface area contributed by atoms with Gasteiger partial charge in [0.05, 0.1) is 18.8 Å². The summed E-state index contributed by atoms with van der Waals surface area (Å²) in [6, 6.07) is 20.8. The van der Waals surface area contributed by atoms with E-state index >= 15 is 0 Å². The van der Waals surface area contributed by atoms with Gasteiger partial charge in [-0.2, -0.15) is 0 Å². The van der Waals surface area contributed by atoms with Crippen LogP contribution in [-0.4, -0.2) is 32.3 Å². The predicted octanol–water partition coefficient (Wildman–Crippen LogP) is 4.99. The van der Waals surface area contributed by atoms with Crippen molar-refractivity contribution in [2.75, 3.05) is 6.54 Å². The molecule has 1 amide bonds. The fourth-order valence-corrected chi connectivity index (χ4v) is 4.43. The van der Waals surface area contributed by atoms with Crippen LogP contribution in [0.5, 0.6) is 0 Å². The van der Waals surface area contributed by atoms with Crippen LogP contribution in [0.1, 0.15) is 46.9 Å². The third-order valence-electron chi connectivity index (χ3n) is 5.99. The number of carbonyl (C=O) groups is 1. The summed E-state index contributed by atoms with van der Waals surface area (Å²) in [6.07, 6.45) is 4.58. The molecule has 1 atom stereocenters. The van der Waals surface area contributed by atoms with Gasteiger partial charge in [0.1, 0.15) is 5.82 Å². The van der Waals surface area contributed by atoms with Crippen molar-refractivity contribution in [3.63, 3.8) is 0 Å². The lowest BCUT2D eigenvalue weighted by Gasteiger charge is -2.35. The first-order chi connectivity index (χ1) is 15.2. The molecule has 0 bridgehead atoms. The number of likely N-dealkylation sites (tertiary alicyclic amines) is 1. The molecule has 1 aliphatic heterocycles. The highest BCUT2D eigenvalue weighted by Gasteiger charge is 2.30. The molecule has 0 radical (unpaired) electrons. The molecule has 2 heterocycles. The largest absolute Gasteiger partial charge is 0.330 e. The molecule has 1 aromatic heterocycles. The van der Waals surface area contributed by atoms with E-state index < -0.39 is 0 Å². The van der Waals surface area contributed by atoms with Gasteiger partial charge in [-0.25, -0.2) is 9.07 Å². The van der Waals surface area contributed by atoms with E-state index in [2.05, 4.69) is 34.6 Å². The van der Waals surface area contributed by atoms with Crippen LogP contribution < -0.4 is 0 Å². The van der Waals surface area contributed by atoms with E-state index in [1.54, 1.807) is 23.0 Å². The number of fused-ring (bicyclic) bond motifs is 1. The van der Waals surface area contributed by atoms with Gasteiger partial charge in [-0.3, -0.25) is 4.79 Å². The topological polar surface area (TPSA) is 51.0 Å². The van der Waals surface area contributed by atoms with E-state index in [0.717, 1.165) is 30.4 Å². The Hall–Kier alpha value is -3.54. The molecule has 1 aliphatic rings. The number of hydrogen-bond donors (Lipinski definition) is 0. The zero-order valence-electron chi connectivity index (χ0n) is 17.1. The summed E-state index contributed by atoms with van der Waals surface area (Å²) in [5, 5.41) is 10.7. The summed E-state index contributed by atoms with van der Waals surface area (Å²) in [4.78, 5) is 15.1. The van der Waals surface area contributed by atoms with E-state index in [1.165, 1.54) is 22.9 Å². The summed E-state index contributed by atoms with van der Waals surface area (Å²) < 4.78 is 15.1. The summed E-state index contributed by atoms with van der Waals surface area (Å²) in [6.45, 7) is 1.21. The van der Waals surface area contributed by atoms with Gasteiger partial charge in [-0.05, 0) is 53.3 Å². The Morgan fingerprint density at radius 2 is 1.81 bits per heavy atom. The third-order valence-corrected chi connectivity index (χ3v) is 5.99. The molecule has 0 saturated carbocycles. The lowest BCUT2D eigenvalue weighted by Crippen LogP contribution is -2.38. The lowest BCUT2D eigenvalue weighted by atomic mass is 9.95. The molecule has 0 spiro atoms. The standard InChI is InChI=1S/C25H23FN4O/c26-21-13-11-19(12-14-21)24-10-3-4-15-30(24)25(31)23-17-29(28-27-23)16-20-8-5-7-18-6-1-2-9-22(18)20/h1-2,5-9,11-14,17,24H,3-4,10,15-16H2. The number of benzene rings is 3. The Morgan fingerprint density at radius 3 is 2.68 bits per heavy atom. The number of nitrogens with zero attached hydrogens (tertiary/aromatic N) is 4. The van der Waals surface area contributed by atoms with Crippen LogP contribution in [0.25, 0.3) is 10.8 Å². The van der Waals surface area contributed by atoms with E-state index in [1.807, 2.05) is 23.1 Å². The molecule has 6 heteroatoms. The fraction of sp³-hybridized carbons (Fsp3) is 0.240. The number of hydrogen-bond acceptors (Lipinski definition) is 3. The highest BCUT2D eigenvalue weighted by atomic mass is 19.1. The monoisotopic (exact) mass is 414 g/mol. The molecule has 156 valence electrons. The summed E-state index contributed by atoms with van der Waals surface area (Å²) in [7, 11) is 0. The molecule has 31 heavy (non-hydrogen) atoms. The minimum atomic E-state index is -0.270. The zero-order chi connectivity index (χ0) is 21.2. The van der Waals surface area contributed by atoms with Crippen molar-refractivity contribution in [3.05, 3.63) is 95.6 Å². The number of aromatic nitrogens is 3. The van der Waals surface area contributed by atoms with Gasteiger partial charge in [0, 0.05) is 6.54 Å². The van der Waals surface area contributed by atoms with E-state index in [0.29, 0.717) is 18.8 Å². The van der Waals surface area contributed by atoms with E-state index in [9.17, 15) is 9.18 Å². The maximum atomic E-state index is 13.4. The molecule has 1 fully saturated rings. The third kappa shape index (κ3) is 3.93. The Balaban J connectivity index is 1.38. The van der Waals surface area contributed by atoms with Crippen molar-refractivity contribution in [2.24, 2.45) is 0 Å². The fourth-order valence-electron chi connectivity index (χ4n) is 4.43. The maximum Gasteiger partial charge on any atom is 0.276 e. The first kappa shape index (κ1) is 19.4. The summed E-state index contributed by atoms with van der Waals surface area (Å²) >= 11 is 0. The minimum Gasteiger partial charge on any atom is -0.330 e. The molecule has 1 saturated heterocycles. The highest BCUT2D eigenvalue weighted by Crippen LogP contribution is 2.32. The van der Waals surface area contributed by atoms with Crippen LogP contribution in [0, 0.1) is 5.82 Å². The van der Waals surface area contributed by atoms with E-state index in [4.69, 9.17) is 0 Å². The van der Waals surface area contributed by atoms with Gasteiger partial charge in [0.15, 0.2) is 5.69 Å². The number of carbonyl (C=O) groups excluding carboxylic acids is 1. The van der Waals surface area contributed by atoms with Crippen LogP contribution in [0.15, 0.2) is 72.9 Å². The van der Waals surface area contributed by atoms with Gasteiger partial charge in [0.25, 0.3) is 5.91 Å². The van der Waals surface area contributed by atoms with Crippen LogP contribution in [0.3, 0.4) is 0 Å². The zero-order valence-corrected chi connectivity index (χ0v) is 17.1. The molecule has 4 aromatic rings. The summed E-state index contributed by atoms with van der Waals surface area (Å²) in [5.41, 5.74) is 2.43. The second-order valence-corrected chi connectivity index (χ2v) is 8.00. The SMILES string of the molecule is O=C(c1cn(Cc2cccc3ccccc23)nn1)N1CCCCC1c1ccc(F)cc1. The average Bonchev–Trinajstić information content (AvgIpc) is 3.28. The number of rotatable bonds is 4.